The van der Waals surface area contributed by atoms with Crippen LogP contribution in [0, 0.1) is 13.8 Å². The number of nitrogens with zero attached hydrogens (tertiary/aromatic N) is 2. The van der Waals surface area contributed by atoms with Crippen molar-refractivity contribution in [3.63, 3.8) is 0 Å². The number of anilines is 1. The van der Waals surface area contributed by atoms with Crippen LogP contribution in [0.15, 0.2) is 46.8 Å². The van der Waals surface area contributed by atoms with E-state index in [9.17, 15) is 8.42 Å². The molecule has 3 aromatic rings. The van der Waals surface area contributed by atoms with E-state index in [0.29, 0.717) is 11.4 Å². The van der Waals surface area contributed by atoms with Crippen LogP contribution in [0.5, 0.6) is 0 Å². The van der Waals surface area contributed by atoms with Crippen LogP contribution in [0.1, 0.15) is 31.0 Å². The zero-order chi connectivity index (χ0) is 18.2. The lowest BCUT2D eigenvalue weighted by Gasteiger charge is -2.11. The second-order valence-corrected chi connectivity index (χ2v) is 8.92. The molecule has 0 aliphatic rings. The van der Waals surface area contributed by atoms with E-state index in [1.54, 1.807) is 16.9 Å². The highest BCUT2D eigenvalue weighted by Gasteiger charge is 2.25. The van der Waals surface area contributed by atoms with E-state index < -0.39 is 10.0 Å². The molecule has 2 aromatic heterocycles. The van der Waals surface area contributed by atoms with E-state index in [4.69, 9.17) is 0 Å². The maximum atomic E-state index is 13.0. The first kappa shape index (κ1) is 17.7. The highest BCUT2D eigenvalue weighted by atomic mass is 32.2. The third-order valence-corrected chi connectivity index (χ3v) is 6.14. The normalized spacial score (nSPS) is 11.9. The van der Waals surface area contributed by atoms with Gasteiger partial charge in [0.2, 0.25) is 0 Å². The van der Waals surface area contributed by atoms with Gasteiger partial charge in [0.15, 0.2) is 0 Å². The second kappa shape index (κ2) is 6.65. The Morgan fingerprint density at radius 3 is 2.56 bits per heavy atom. The average Bonchev–Trinajstić information content (AvgIpc) is 3.18. The van der Waals surface area contributed by atoms with E-state index in [1.165, 1.54) is 11.3 Å². The molecule has 0 aliphatic carbocycles. The fourth-order valence-electron chi connectivity index (χ4n) is 2.55. The first-order valence-corrected chi connectivity index (χ1v) is 10.4. The molecule has 3 rings (SSSR count). The van der Waals surface area contributed by atoms with Gasteiger partial charge in [0.05, 0.1) is 10.6 Å². The number of hydrogen-bond acceptors (Lipinski definition) is 4. The van der Waals surface area contributed by atoms with Gasteiger partial charge in [-0.3, -0.25) is 9.40 Å². The topological polar surface area (TPSA) is 64.0 Å². The minimum atomic E-state index is -3.74. The molecule has 1 aromatic carbocycles. The molecule has 0 saturated carbocycles. The SMILES string of the molecule is Cc1ccc(NS(=O)(=O)c2cn(C(C)C)nc2-c2cccs2)c(C)c1. The molecule has 0 amide bonds. The lowest BCUT2D eigenvalue weighted by atomic mass is 10.1. The molecule has 0 radical (unpaired) electrons. The van der Waals surface area contributed by atoms with Gasteiger partial charge in [-0.1, -0.05) is 23.8 Å². The molecule has 2 heterocycles. The van der Waals surface area contributed by atoms with E-state index >= 15 is 0 Å². The Balaban J connectivity index is 2.07. The van der Waals surface area contributed by atoms with Crippen LogP contribution in [0.3, 0.4) is 0 Å². The minimum absolute atomic E-state index is 0.0729. The number of rotatable bonds is 5. The summed E-state index contributed by atoms with van der Waals surface area (Å²) in [4.78, 5) is 1.03. The smallest absolute Gasteiger partial charge is 0.265 e. The molecule has 25 heavy (non-hydrogen) atoms. The van der Waals surface area contributed by atoms with Crippen molar-refractivity contribution in [2.45, 2.75) is 38.6 Å². The molecule has 5 nitrogen and oxygen atoms in total. The van der Waals surface area contributed by atoms with Crippen LogP contribution in [-0.2, 0) is 10.0 Å². The van der Waals surface area contributed by atoms with Gasteiger partial charge >= 0.3 is 0 Å². The second-order valence-electron chi connectivity index (χ2n) is 6.32. The van der Waals surface area contributed by atoms with E-state index in [2.05, 4.69) is 9.82 Å². The highest BCUT2D eigenvalue weighted by molar-refractivity contribution is 7.92. The van der Waals surface area contributed by atoms with Crippen molar-refractivity contribution >= 4 is 27.0 Å². The molecule has 0 fully saturated rings. The summed E-state index contributed by atoms with van der Waals surface area (Å²) in [5.41, 5.74) is 3.05. The Kier molecular flexibility index (Phi) is 4.71. The Bertz CT molecular complexity index is 988. The van der Waals surface area contributed by atoms with Gasteiger partial charge in [0, 0.05) is 12.2 Å². The third kappa shape index (κ3) is 3.62. The maximum Gasteiger partial charge on any atom is 0.265 e. The number of sulfonamides is 1. The Morgan fingerprint density at radius 2 is 1.96 bits per heavy atom. The van der Waals surface area contributed by atoms with Gasteiger partial charge in [0.25, 0.3) is 10.0 Å². The fraction of sp³-hybridized carbons (Fsp3) is 0.278. The third-order valence-electron chi connectivity index (χ3n) is 3.90. The fourth-order valence-corrected chi connectivity index (χ4v) is 4.62. The van der Waals surface area contributed by atoms with Crippen LogP contribution in [0.4, 0.5) is 5.69 Å². The van der Waals surface area contributed by atoms with E-state index in [1.807, 2.05) is 57.3 Å². The van der Waals surface area contributed by atoms with Crippen molar-refractivity contribution < 1.29 is 8.42 Å². The molecule has 0 aliphatic heterocycles. The standard InChI is InChI=1S/C18H21N3O2S2/c1-12(2)21-11-17(18(19-21)16-6-5-9-24-16)25(22,23)20-15-8-7-13(3)10-14(15)4/h5-12,20H,1-4H3. The Labute approximate surface area is 152 Å². The summed E-state index contributed by atoms with van der Waals surface area (Å²) < 4.78 is 30.5. The van der Waals surface area contributed by atoms with Gasteiger partial charge in [-0.25, -0.2) is 8.42 Å². The van der Waals surface area contributed by atoms with Gasteiger partial charge in [-0.15, -0.1) is 11.3 Å². The zero-order valence-corrected chi connectivity index (χ0v) is 16.3. The number of nitrogens with one attached hydrogen (secondary N) is 1. The Hall–Kier alpha value is -2.12. The predicted octanol–water partition coefficient (Wildman–Crippen LogP) is 4.61. The molecule has 132 valence electrons. The van der Waals surface area contributed by atoms with Crippen LogP contribution < -0.4 is 4.72 Å². The van der Waals surface area contributed by atoms with Crippen molar-refractivity contribution in [2.75, 3.05) is 4.72 Å². The summed E-state index contributed by atoms with van der Waals surface area (Å²) in [7, 11) is -3.74. The monoisotopic (exact) mass is 375 g/mol. The Morgan fingerprint density at radius 1 is 1.20 bits per heavy atom. The van der Waals surface area contributed by atoms with Gasteiger partial charge in [0.1, 0.15) is 10.6 Å². The van der Waals surface area contributed by atoms with Crippen molar-refractivity contribution in [1.29, 1.82) is 0 Å². The number of aromatic nitrogens is 2. The number of benzene rings is 1. The van der Waals surface area contributed by atoms with E-state index in [-0.39, 0.29) is 10.9 Å². The van der Waals surface area contributed by atoms with Crippen molar-refractivity contribution in [3.8, 4) is 10.6 Å². The van der Waals surface area contributed by atoms with E-state index in [0.717, 1.165) is 16.0 Å². The summed E-state index contributed by atoms with van der Waals surface area (Å²) in [6.07, 6.45) is 1.60. The summed E-state index contributed by atoms with van der Waals surface area (Å²) in [6.45, 7) is 7.81. The maximum absolute atomic E-state index is 13.0. The van der Waals surface area contributed by atoms with Gasteiger partial charge < -0.3 is 0 Å². The molecular formula is C18H21N3O2S2. The minimum Gasteiger partial charge on any atom is -0.279 e. The molecule has 0 bridgehead atoms. The largest absolute Gasteiger partial charge is 0.279 e. The molecule has 1 N–H and O–H groups in total. The van der Waals surface area contributed by atoms with Crippen LogP contribution in [0.25, 0.3) is 10.6 Å². The van der Waals surface area contributed by atoms with Crippen molar-refractivity contribution in [2.24, 2.45) is 0 Å². The van der Waals surface area contributed by atoms with Crippen molar-refractivity contribution in [3.05, 3.63) is 53.0 Å². The van der Waals surface area contributed by atoms with Crippen LogP contribution in [0.2, 0.25) is 0 Å². The molecule has 0 unspecified atom stereocenters. The molecule has 7 heteroatoms. The van der Waals surface area contributed by atoms with Crippen LogP contribution in [-0.4, -0.2) is 18.2 Å². The first-order chi connectivity index (χ1) is 11.8. The molecular weight excluding hydrogens is 354 g/mol. The van der Waals surface area contributed by atoms with Gasteiger partial charge in [-0.05, 0) is 50.8 Å². The number of hydrogen-bond donors (Lipinski definition) is 1. The quantitative estimate of drug-likeness (QED) is 0.708. The number of thiophene rings is 1. The summed E-state index contributed by atoms with van der Waals surface area (Å²) in [6, 6.07) is 9.48. The zero-order valence-electron chi connectivity index (χ0n) is 14.6. The predicted molar refractivity (Wildman–Crippen MR) is 103 cm³/mol. The van der Waals surface area contributed by atoms with Crippen molar-refractivity contribution in [1.82, 2.24) is 9.78 Å². The lowest BCUT2D eigenvalue weighted by Crippen LogP contribution is -2.14. The molecule has 0 spiro atoms. The molecule has 0 saturated heterocycles. The summed E-state index contributed by atoms with van der Waals surface area (Å²) in [5.74, 6) is 0. The number of aryl methyl sites for hydroxylation is 2. The van der Waals surface area contributed by atoms with Gasteiger partial charge in [-0.2, -0.15) is 5.10 Å². The summed E-state index contributed by atoms with van der Waals surface area (Å²) in [5, 5.41) is 6.42. The highest BCUT2D eigenvalue weighted by Crippen LogP contribution is 2.32. The lowest BCUT2D eigenvalue weighted by molar-refractivity contribution is 0.532. The first-order valence-electron chi connectivity index (χ1n) is 8.01. The average molecular weight is 376 g/mol. The van der Waals surface area contributed by atoms with Crippen LogP contribution >= 0.6 is 11.3 Å². The summed E-state index contributed by atoms with van der Waals surface area (Å²) >= 11 is 1.47. The molecule has 0 atom stereocenters.